The molecule has 0 spiro atoms. The lowest BCUT2D eigenvalue weighted by atomic mass is 10.0. The molecule has 1 heterocycles. The van der Waals surface area contributed by atoms with Gasteiger partial charge in [0.05, 0.1) is 12.1 Å². The fraction of sp³-hybridized carbons (Fsp3) is 0.364. The highest BCUT2D eigenvalue weighted by Gasteiger charge is 2.34. The van der Waals surface area contributed by atoms with E-state index in [1.165, 1.54) is 0 Å². The van der Waals surface area contributed by atoms with Crippen molar-refractivity contribution < 1.29 is 4.79 Å². The molecule has 0 aliphatic carbocycles. The molecular weight excluding hydrogens is 176 g/mol. The molecule has 3 heteroatoms. The molecule has 1 saturated heterocycles. The van der Waals surface area contributed by atoms with Gasteiger partial charge in [0.2, 0.25) is 0 Å². The molecule has 1 fully saturated rings. The number of nitrogens with one attached hydrogen (secondary N) is 1. The molecule has 0 bridgehead atoms. The van der Waals surface area contributed by atoms with Crippen molar-refractivity contribution in [3.05, 3.63) is 35.9 Å². The number of urea groups is 1. The largest absolute Gasteiger partial charge is 0.329 e. The van der Waals surface area contributed by atoms with Crippen LogP contribution >= 0.6 is 0 Å². The number of hydrogen-bond donors (Lipinski definition) is 1. The average molecular weight is 190 g/mol. The molecule has 0 aromatic heterocycles. The lowest BCUT2D eigenvalue weighted by Crippen LogP contribution is -2.27. The lowest BCUT2D eigenvalue weighted by Gasteiger charge is -2.18. The quantitative estimate of drug-likeness (QED) is 0.719. The summed E-state index contributed by atoms with van der Waals surface area (Å²) in [6.07, 6.45) is 0. The smallest absolute Gasteiger partial charge is 0.318 e. The van der Waals surface area contributed by atoms with Crippen LogP contribution in [0.3, 0.4) is 0 Å². The first-order chi connectivity index (χ1) is 6.70. The number of nitrogens with zero attached hydrogens (tertiary/aromatic N) is 1. The van der Waals surface area contributed by atoms with Crippen LogP contribution in [0, 0.1) is 0 Å². The van der Waals surface area contributed by atoms with Gasteiger partial charge in [0.1, 0.15) is 0 Å². The van der Waals surface area contributed by atoms with E-state index >= 15 is 0 Å². The summed E-state index contributed by atoms with van der Waals surface area (Å²) in [6.45, 7) is 2.05. The summed E-state index contributed by atoms with van der Waals surface area (Å²) in [4.78, 5) is 13.1. The van der Waals surface area contributed by atoms with Gasteiger partial charge in [0, 0.05) is 7.05 Å². The molecule has 1 aliphatic heterocycles. The Balaban J connectivity index is 2.26. The molecule has 1 aliphatic rings. The van der Waals surface area contributed by atoms with Crippen LogP contribution in [0.5, 0.6) is 0 Å². The van der Waals surface area contributed by atoms with E-state index in [1.54, 1.807) is 4.90 Å². The van der Waals surface area contributed by atoms with E-state index in [1.807, 2.05) is 37.4 Å². The molecule has 0 radical (unpaired) electrons. The van der Waals surface area contributed by atoms with Gasteiger partial charge in [0.15, 0.2) is 0 Å². The zero-order valence-corrected chi connectivity index (χ0v) is 8.40. The van der Waals surface area contributed by atoms with E-state index in [0.29, 0.717) is 0 Å². The average Bonchev–Trinajstić information content (AvgIpc) is 2.47. The predicted octanol–water partition coefficient (Wildman–Crippen LogP) is 1.77. The van der Waals surface area contributed by atoms with Gasteiger partial charge >= 0.3 is 6.03 Å². The Morgan fingerprint density at radius 2 is 1.93 bits per heavy atom. The van der Waals surface area contributed by atoms with Gasteiger partial charge in [-0.3, -0.25) is 0 Å². The lowest BCUT2D eigenvalue weighted by molar-refractivity contribution is 0.218. The third-order valence-corrected chi connectivity index (χ3v) is 2.85. The maximum atomic E-state index is 11.4. The van der Waals surface area contributed by atoms with E-state index in [-0.39, 0.29) is 18.1 Å². The second-order valence-corrected chi connectivity index (χ2v) is 3.69. The van der Waals surface area contributed by atoms with E-state index < -0.39 is 0 Å². The number of carbonyl (C=O) groups is 1. The van der Waals surface area contributed by atoms with Crippen molar-refractivity contribution in [2.75, 3.05) is 7.05 Å². The van der Waals surface area contributed by atoms with Gasteiger partial charge in [-0.25, -0.2) is 4.79 Å². The summed E-state index contributed by atoms with van der Waals surface area (Å²) in [7, 11) is 1.82. The number of likely N-dealkylation sites (N-methyl/N-ethyl adjacent to an activating group) is 1. The molecule has 3 nitrogen and oxygen atoms in total. The van der Waals surface area contributed by atoms with Crippen LogP contribution in [0.4, 0.5) is 4.79 Å². The van der Waals surface area contributed by atoms with Gasteiger partial charge in [-0.05, 0) is 12.5 Å². The molecule has 1 aromatic rings. The maximum Gasteiger partial charge on any atom is 0.318 e. The monoisotopic (exact) mass is 190 g/mol. The summed E-state index contributed by atoms with van der Waals surface area (Å²) >= 11 is 0. The van der Waals surface area contributed by atoms with Crippen LogP contribution in [-0.2, 0) is 0 Å². The minimum absolute atomic E-state index is 0.00588. The van der Waals surface area contributed by atoms with Crippen molar-refractivity contribution in [3.8, 4) is 0 Å². The van der Waals surface area contributed by atoms with Crippen LogP contribution in [0.15, 0.2) is 30.3 Å². The third-order valence-electron chi connectivity index (χ3n) is 2.85. The summed E-state index contributed by atoms with van der Waals surface area (Å²) < 4.78 is 0. The second kappa shape index (κ2) is 3.33. The minimum atomic E-state index is 0.00588. The minimum Gasteiger partial charge on any atom is -0.329 e. The molecule has 14 heavy (non-hydrogen) atoms. The maximum absolute atomic E-state index is 11.4. The Kier molecular flexibility index (Phi) is 2.15. The highest BCUT2D eigenvalue weighted by atomic mass is 16.2. The van der Waals surface area contributed by atoms with Crippen molar-refractivity contribution in [1.82, 2.24) is 10.2 Å². The second-order valence-electron chi connectivity index (χ2n) is 3.69. The molecule has 74 valence electrons. The van der Waals surface area contributed by atoms with E-state index in [9.17, 15) is 4.79 Å². The van der Waals surface area contributed by atoms with Crippen molar-refractivity contribution in [3.63, 3.8) is 0 Å². The Morgan fingerprint density at radius 1 is 1.29 bits per heavy atom. The van der Waals surface area contributed by atoms with Gasteiger partial charge in [0.25, 0.3) is 0 Å². The number of hydrogen-bond acceptors (Lipinski definition) is 1. The van der Waals surface area contributed by atoms with Gasteiger partial charge in [-0.2, -0.15) is 0 Å². The molecule has 1 N–H and O–H groups in total. The fourth-order valence-corrected chi connectivity index (χ4v) is 1.79. The van der Waals surface area contributed by atoms with Crippen LogP contribution in [0.2, 0.25) is 0 Å². The first-order valence-electron chi connectivity index (χ1n) is 4.78. The van der Waals surface area contributed by atoms with Crippen molar-refractivity contribution >= 4 is 6.03 Å². The van der Waals surface area contributed by atoms with Crippen molar-refractivity contribution in [1.29, 1.82) is 0 Å². The van der Waals surface area contributed by atoms with Crippen LogP contribution in [0.1, 0.15) is 18.5 Å². The molecule has 2 amide bonds. The van der Waals surface area contributed by atoms with E-state index in [2.05, 4.69) is 12.2 Å². The summed E-state index contributed by atoms with van der Waals surface area (Å²) in [6, 6.07) is 10.4. The van der Waals surface area contributed by atoms with E-state index in [0.717, 1.165) is 5.56 Å². The summed E-state index contributed by atoms with van der Waals surface area (Å²) in [5.41, 5.74) is 1.16. The first kappa shape index (κ1) is 9.06. The molecular formula is C11H14N2O. The van der Waals surface area contributed by atoms with Crippen LogP contribution in [0.25, 0.3) is 0 Å². The zero-order valence-electron chi connectivity index (χ0n) is 8.40. The molecule has 0 unspecified atom stereocenters. The Morgan fingerprint density at radius 3 is 2.43 bits per heavy atom. The number of carbonyl (C=O) groups excluding carboxylic acids is 1. The topological polar surface area (TPSA) is 32.3 Å². The highest BCUT2D eigenvalue weighted by molar-refractivity contribution is 5.77. The van der Waals surface area contributed by atoms with Crippen LogP contribution < -0.4 is 5.32 Å². The molecule has 2 atom stereocenters. The number of amides is 2. The standard InChI is InChI=1S/C11H14N2O/c1-8-10(12-11(14)13(8)2)9-6-4-3-5-7-9/h3-8,10H,1-2H3,(H,12,14)/t8-,10-/m1/s1. The van der Waals surface area contributed by atoms with Crippen molar-refractivity contribution in [2.45, 2.75) is 19.0 Å². The molecule has 2 rings (SSSR count). The fourth-order valence-electron chi connectivity index (χ4n) is 1.79. The first-order valence-corrected chi connectivity index (χ1v) is 4.78. The summed E-state index contributed by atoms with van der Waals surface area (Å²) in [5.74, 6) is 0. The van der Waals surface area contributed by atoms with Gasteiger partial charge in [-0.15, -0.1) is 0 Å². The number of rotatable bonds is 1. The van der Waals surface area contributed by atoms with Gasteiger partial charge < -0.3 is 10.2 Å². The normalized spacial score (nSPS) is 26.4. The summed E-state index contributed by atoms with van der Waals surface area (Å²) in [5, 5.41) is 2.96. The Hall–Kier alpha value is -1.51. The van der Waals surface area contributed by atoms with Gasteiger partial charge in [-0.1, -0.05) is 30.3 Å². The van der Waals surface area contributed by atoms with E-state index in [4.69, 9.17) is 0 Å². The molecule has 1 aromatic carbocycles. The van der Waals surface area contributed by atoms with Crippen LogP contribution in [-0.4, -0.2) is 24.0 Å². The Bertz CT molecular complexity index is 336. The SMILES string of the molecule is C[C@@H]1[C@H](c2ccccc2)NC(=O)N1C. The highest BCUT2D eigenvalue weighted by Crippen LogP contribution is 2.25. The molecule has 0 saturated carbocycles. The Labute approximate surface area is 83.7 Å². The number of benzene rings is 1. The van der Waals surface area contributed by atoms with Crippen molar-refractivity contribution in [2.24, 2.45) is 0 Å². The predicted molar refractivity (Wildman–Crippen MR) is 54.9 cm³/mol. The zero-order chi connectivity index (χ0) is 10.1. The third kappa shape index (κ3) is 1.35.